The van der Waals surface area contributed by atoms with Gasteiger partial charge in [-0.25, -0.2) is 4.98 Å². The third-order valence-electron chi connectivity index (χ3n) is 7.19. The van der Waals surface area contributed by atoms with Crippen LogP contribution >= 0.6 is 0 Å². The molecule has 0 saturated heterocycles. The van der Waals surface area contributed by atoms with Crippen molar-refractivity contribution in [1.29, 1.82) is 0 Å². The number of nitrogens with one attached hydrogen (secondary N) is 2. The Bertz CT molecular complexity index is 1270. The minimum absolute atomic E-state index is 0.0662. The molecule has 2 unspecified atom stereocenters. The third-order valence-corrected chi connectivity index (χ3v) is 7.19. The van der Waals surface area contributed by atoms with Crippen molar-refractivity contribution in [3.63, 3.8) is 0 Å². The molecule has 0 bridgehead atoms. The van der Waals surface area contributed by atoms with Gasteiger partial charge >= 0.3 is 6.18 Å². The van der Waals surface area contributed by atoms with Crippen LogP contribution in [-0.4, -0.2) is 68.6 Å². The fraction of sp³-hybridized carbons (Fsp3) is 0.516. The molecule has 240 valence electrons. The number of carbonyl (C=O) groups is 5. The molecule has 0 saturated carbocycles. The second-order valence-electron chi connectivity index (χ2n) is 11.2. The van der Waals surface area contributed by atoms with Crippen molar-refractivity contribution in [3.05, 3.63) is 60.2 Å². The number of hydrogen-bond donors (Lipinski definition) is 3. The molecule has 2 amide bonds. The lowest BCUT2D eigenvalue weighted by atomic mass is 9.88. The second kappa shape index (κ2) is 16.7. The molecule has 1 aromatic carbocycles. The van der Waals surface area contributed by atoms with Crippen LogP contribution < -0.4 is 10.6 Å². The Kier molecular flexibility index (Phi) is 13.8. The molecule has 0 aliphatic rings. The Balaban J connectivity index is 2.20. The molecule has 0 fully saturated rings. The van der Waals surface area contributed by atoms with E-state index in [-0.39, 0.29) is 30.9 Å². The van der Waals surface area contributed by atoms with Crippen LogP contribution in [0.3, 0.4) is 0 Å². The molecule has 10 nitrogen and oxygen atoms in total. The van der Waals surface area contributed by atoms with Gasteiger partial charge in [0, 0.05) is 43.5 Å². The van der Waals surface area contributed by atoms with Gasteiger partial charge in [0.2, 0.25) is 11.8 Å². The Morgan fingerprint density at radius 1 is 0.932 bits per heavy atom. The number of halogens is 3. The molecule has 5 atom stereocenters. The van der Waals surface area contributed by atoms with E-state index in [1.54, 1.807) is 44.2 Å². The summed E-state index contributed by atoms with van der Waals surface area (Å²) in [5, 5.41) is 14.6. The van der Waals surface area contributed by atoms with Crippen molar-refractivity contribution in [1.82, 2.24) is 20.6 Å². The third kappa shape index (κ3) is 11.6. The summed E-state index contributed by atoms with van der Waals surface area (Å²) in [5.41, 5.74) is 0.803. The number of nitrogens with zero attached hydrogens (tertiary/aromatic N) is 2. The van der Waals surface area contributed by atoms with Crippen LogP contribution in [0.4, 0.5) is 13.2 Å². The van der Waals surface area contributed by atoms with Gasteiger partial charge < -0.3 is 20.5 Å². The number of rotatable bonds is 17. The van der Waals surface area contributed by atoms with Crippen molar-refractivity contribution in [2.24, 2.45) is 17.8 Å². The Hall–Kier alpha value is -4.00. The predicted molar refractivity (Wildman–Crippen MR) is 154 cm³/mol. The van der Waals surface area contributed by atoms with Crippen LogP contribution in [0.5, 0.6) is 0 Å². The summed E-state index contributed by atoms with van der Waals surface area (Å²) in [6.07, 6.45) is -5.18. The molecular weight excluding hydrogens is 581 g/mol. The summed E-state index contributed by atoms with van der Waals surface area (Å²) in [6.45, 7) is 6.03. The van der Waals surface area contributed by atoms with Crippen LogP contribution in [0, 0.1) is 17.8 Å². The molecular formula is C31H39F3N4O6. The van der Waals surface area contributed by atoms with Gasteiger partial charge in [0.15, 0.2) is 17.7 Å². The van der Waals surface area contributed by atoms with E-state index < -0.39 is 78.2 Å². The molecule has 2 rings (SSSR count). The van der Waals surface area contributed by atoms with E-state index in [0.717, 1.165) is 0 Å². The molecule has 2 aromatic rings. The highest BCUT2D eigenvalue weighted by molar-refractivity contribution is 5.98. The highest BCUT2D eigenvalue weighted by Crippen LogP contribution is 2.25. The average Bonchev–Trinajstić information content (AvgIpc) is 2.97. The number of alkyl halides is 3. The number of aromatic nitrogens is 2. The van der Waals surface area contributed by atoms with E-state index in [0.29, 0.717) is 5.56 Å². The number of aliphatic hydroxyl groups excluding tert-OH is 1. The van der Waals surface area contributed by atoms with Crippen LogP contribution in [0.15, 0.2) is 48.9 Å². The SMILES string of the molecule is CC(=O)CCC(NC(=O)[C@H](C)CC(=O)[C@H](Cc1ccccc1)NC(=O)[C@@H](CC(=O)c1cnccn1)C(C)C)C(O)C(F)(F)F. The first kappa shape index (κ1) is 36.2. The van der Waals surface area contributed by atoms with Crippen molar-refractivity contribution in [3.8, 4) is 0 Å². The summed E-state index contributed by atoms with van der Waals surface area (Å²) in [4.78, 5) is 71.7. The number of amides is 2. The standard InChI is InChI=1S/C31H39F3N4O6/c1-18(2)22(16-27(41)25-17-35-12-13-36-25)30(44)38-24(15-21-8-6-5-7-9-21)26(40)14-19(3)29(43)37-23(11-10-20(4)39)28(42)31(32,33)34/h5-9,12-13,17-19,22-24,28,42H,10-11,14-16H2,1-4H3,(H,37,43)(H,38,44)/t19-,22+,23?,24+,28?/m1/s1. The lowest BCUT2D eigenvalue weighted by molar-refractivity contribution is -0.213. The van der Waals surface area contributed by atoms with Gasteiger partial charge in [-0.2, -0.15) is 13.2 Å². The maximum atomic E-state index is 13.5. The molecule has 1 heterocycles. The Morgan fingerprint density at radius 3 is 2.14 bits per heavy atom. The quantitative estimate of drug-likeness (QED) is 0.227. The largest absolute Gasteiger partial charge is 0.416 e. The van der Waals surface area contributed by atoms with Gasteiger partial charge in [-0.1, -0.05) is 51.1 Å². The minimum atomic E-state index is -5.04. The smallest absolute Gasteiger partial charge is 0.382 e. The summed E-state index contributed by atoms with van der Waals surface area (Å²) >= 11 is 0. The number of carbonyl (C=O) groups excluding carboxylic acids is 5. The van der Waals surface area contributed by atoms with Crippen molar-refractivity contribution >= 4 is 29.2 Å². The van der Waals surface area contributed by atoms with Gasteiger partial charge in [0.05, 0.1) is 18.3 Å². The first-order valence-electron chi connectivity index (χ1n) is 14.3. The molecule has 0 aliphatic heterocycles. The number of ketones is 3. The molecule has 0 aliphatic carbocycles. The molecule has 1 aromatic heterocycles. The highest BCUT2D eigenvalue weighted by atomic mass is 19.4. The fourth-order valence-corrected chi connectivity index (χ4v) is 4.51. The average molecular weight is 621 g/mol. The van der Waals surface area contributed by atoms with E-state index >= 15 is 0 Å². The van der Waals surface area contributed by atoms with Crippen LogP contribution in [0.2, 0.25) is 0 Å². The maximum Gasteiger partial charge on any atom is 0.416 e. The highest BCUT2D eigenvalue weighted by Gasteiger charge is 2.44. The first-order chi connectivity index (χ1) is 20.6. The van der Waals surface area contributed by atoms with Crippen LogP contribution in [-0.2, 0) is 25.6 Å². The van der Waals surface area contributed by atoms with Gasteiger partial charge in [0.25, 0.3) is 0 Å². The van der Waals surface area contributed by atoms with E-state index in [4.69, 9.17) is 0 Å². The molecule has 3 N–H and O–H groups in total. The molecule has 44 heavy (non-hydrogen) atoms. The fourth-order valence-electron chi connectivity index (χ4n) is 4.51. The van der Waals surface area contributed by atoms with Gasteiger partial charge in [-0.05, 0) is 31.2 Å². The summed E-state index contributed by atoms with van der Waals surface area (Å²) in [5.74, 6) is -5.08. The van der Waals surface area contributed by atoms with Crippen LogP contribution in [0.25, 0.3) is 0 Å². The van der Waals surface area contributed by atoms with Crippen molar-refractivity contribution in [2.75, 3.05) is 0 Å². The minimum Gasteiger partial charge on any atom is -0.382 e. The molecule has 0 radical (unpaired) electrons. The zero-order chi connectivity index (χ0) is 33.0. The number of aliphatic hydroxyl groups is 1. The van der Waals surface area contributed by atoms with Gasteiger partial charge in [-0.15, -0.1) is 0 Å². The summed E-state index contributed by atoms with van der Waals surface area (Å²) < 4.78 is 39.6. The molecule has 0 spiro atoms. The zero-order valence-electron chi connectivity index (χ0n) is 25.1. The van der Waals surface area contributed by atoms with Crippen LogP contribution in [0.1, 0.15) is 69.4 Å². The van der Waals surface area contributed by atoms with Gasteiger partial charge in [0.1, 0.15) is 11.5 Å². The monoisotopic (exact) mass is 620 g/mol. The maximum absolute atomic E-state index is 13.5. The van der Waals surface area contributed by atoms with E-state index in [2.05, 4.69) is 20.6 Å². The van der Waals surface area contributed by atoms with Gasteiger partial charge in [-0.3, -0.25) is 24.2 Å². The van der Waals surface area contributed by atoms with Crippen molar-refractivity contribution in [2.45, 2.75) is 84.2 Å². The van der Waals surface area contributed by atoms with E-state index in [9.17, 15) is 42.3 Å². The Morgan fingerprint density at radius 2 is 1.59 bits per heavy atom. The summed E-state index contributed by atoms with van der Waals surface area (Å²) in [7, 11) is 0. The van der Waals surface area contributed by atoms with E-state index in [1.165, 1.54) is 32.4 Å². The summed E-state index contributed by atoms with van der Waals surface area (Å²) in [6, 6.07) is 5.87. The number of benzene rings is 1. The lowest BCUT2D eigenvalue weighted by Gasteiger charge is -2.27. The molecule has 13 heteroatoms. The first-order valence-corrected chi connectivity index (χ1v) is 14.3. The normalized spacial score (nSPS) is 15.0. The lowest BCUT2D eigenvalue weighted by Crippen LogP contribution is -2.52. The van der Waals surface area contributed by atoms with E-state index in [1.807, 2.05) is 0 Å². The topological polar surface area (TPSA) is 155 Å². The second-order valence-corrected chi connectivity index (χ2v) is 11.2. The number of hydrogen-bond acceptors (Lipinski definition) is 8. The number of Topliss-reactive ketones (excluding diaryl/α,β-unsaturated/α-hetero) is 3. The predicted octanol–water partition coefficient (Wildman–Crippen LogP) is 3.42. The zero-order valence-corrected chi connectivity index (χ0v) is 25.1. The van der Waals surface area contributed by atoms with Crippen molar-refractivity contribution < 1.29 is 42.3 Å². The Labute approximate surface area is 254 Å².